The third kappa shape index (κ3) is 3.59. The zero-order valence-corrected chi connectivity index (χ0v) is 18.0. The van der Waals surface area contributed by atoms with E-state index >= 15 is 0 Å². The van der Waals surface area contributed by atoms with Crippen molar-refractivity contribution in [1.82, 2.24) is 9.55 Å². The van der Waals surface area contributed by atoms with Gasteiger partial charge >= 0.3 is 5.97 Å². The molecule has 0 aliphatic heterocycles. The van der Waals surface area contributed by atoms with E-state index in [1.54, 1.807) is 37.3 Å². The fourth-order valence-corrected chi connectivity index (χ4v) is 5.22. The fourth-order valence-electron chi connectivity index (χ4n) is 3.42. The highest BCUT2D eigenvalue weighted by Gasteiger charge is 2.29. The lowest BCUT2D eigenvalue weighted by atomic mass is 10.0. The van der Waals surface area contributed by atoms with Crippen molar-refractivity contribution in [1.29, 1.82) is 0 Å². The summed E-state index contributed by atoms with van der Waals surface area (Å²) in [6.45, 7) is 1.67. The van der Waals surface area contributed by atoms with Gasteiger partial charge < -0.3 is 4.74 Å². The number of carbonyl (C=O) groups is 2. The summed E-state index contributed by atoms with van der Waals surface area (Å²) >= 11 is 2.92. The number of fused-ring (bicyclic) bond motifs is 1. The van der Waals surface area contributed by atoms with Crippen LogP contribution in [0.25, 0.3) is 20.7 Å². The molecule has 0 radical (unpaired) electrons. The lowest BCUT2D eigenvalue weighted by Crippen LogP contribution is -2.34. The molecule has 6 nitrogen and oxygen atoms in total. The van der Waals surface area contributed by atoms with Crippen LogP contribution in [0.15, 0.2) is 58.0 Å². The van der Waals surface area contributed by atoms with Crippen molar-refractivity contribution in [2.45, 2.75) is 19.4 Å². The van der Waals surface area contributed by atoms with Crippen LogP contribution >= 0.6 is 22.7 Å². The number of hydrogen-bond acceptors (Lipinski definition) is 7. The molecule has 4 rings (SSSR count). The van der Waals surface area contributed by atoms with Gasteiger partial charge in [-0.25, -0.2) is 4.98 Å². The largest absolute Gasteiger partial charge is 0.469 e. The van der Waals surface area contributed by atoms with Crippen LogP contribution in [-0.4, -0.2) is 28.4 Å². The Morgan fingerprint density at radius 3 is 2.57 bits per heavy atom. The summed E-state index contributed by atoms with van der Waals surface area (Å²) in [4.78, 5) is 45.2. The average Bonchev–Trinajstić information content (AvgIpc) is 3.42. The monoisotopic (exact) mass is 438 g/mol. The van der Waals surface area contributed by atoms with Gasteiger partial charge in [-0.1, -0.05) is 36.4 Å². The van der Waals surface area contributed by atoms with E-state index in [-0.39, 0.29) is 17.8 Å². The van der Waals surface area contributed by atoms with E-state index in [2.05, 4.69) is 4.98 Å². The normalized spacial score (nSPS) is 12.1. The topological polar surface area (TPSA) is 78.3 Å². The van der Waals surface area contributed by atoms with Gasteiger partial charge in [0.25, 0.3) is 5.56 Å². The summed E-state index contributed by atoms with van der Waals surface area (Å²) in [5, 5.41) is 4.31. The summed E-state index contributed by atoms with van der Waals surface area (Å²) in [5.74, 6) is -0.523. The van der Waals surface area contributed by atoms with Gasteiger partial charge in [-0.2, -0.15) is 0 Å². The fraction of sp³-hybridized carbons (Fsp3) is 0.182. The van der Waals surface area contributed by atoms with Crippen LogP contribution < -0.4 is 5.56 Å². The lowest BCUT2D eigenvalue weighted by molar-refractivity contribution is -0.141. The maximum atomic E-state index is 13.6. The quantitative estimate of drug-likeness (QED) is 0.328. The number of esters is 1. The van der Waals surface area contributed by atoms with Crippen LogP contribution in [0, 0.1) is 6.92 Å². The molecule has 0 fully saturated rings. The smallest absolute Gasteiger partial charge is 0.308 e. The molecule has 0 aliphatic carbocycles. The van der Waals surface area contributed by atoms with Crippen LogP contribution in [0.2, 0.25) is 0 Å². The first kappa shape index (κ1) is 20.2. The van der Waals surface area contributed by atoms with Gasteiger partial charge in [-0.15, -0.1) is 22.7 Å². The Bertz CT molecular complexity index is 1270. The van der Waals surface area contributed by atoms with Gasteiger partial charge in [0.15, 0.2) is 5.78 Å². The molecule has 1 unspecified atom stereocenters. The van der Waals surface area contributed by atoms with Gasteiger partial charge in [0.1, 0.15) is 16.7 Å². The molecule has 30 heavy (non-hydrogen) atoms. The molecular formula is C22H18N2O4S2. The molecule has 1 aromatic carbocycles. The number of Topliss-reactive ketones (excluding diaryl/α,β-unsaturated/α-hetero) is 1. The number of rotatable bonds is 6. The zero-order chi connectivity index (χ0) is 21.3. The van der Waals surface area contributed by atoms with Crippen LogP contribution in [-0.2, 0) is 9.53 Å². The van der Waals surface area contributed by atoms with Crippen LogP contribution in [0.5, 0.6) is 0 Å². The number of ether oxygens (including phenoxy) is 1. The van der Waals surface area contributed by atoms with Crippen molar-refractivity contribution in [2.24, 2.45) is 0 Å². The molecule has 3 heterocycles. The summed E-state index contributed by atoms with van der Waals surface area (Å²) in [6.07, 6.45) is -0.253. The molecule has 4 aromatic rings. The van der Waals surface area contributed by atoms with Crippen molar-refractivity contribution in [3.05, 3.63) is 75.0 Å². The first-order valence-corrected chi connectivity index (χ1v) is 11.0. The molecule has 3 aromatic heterocycles. The third-order valence-corrected chi connectivity index (χ3v) is 6.64. The van der Waals surface area contributed by atoms with Gasteiger partial charge in [0.2, 0.25) is 0 Å². The second-order valence-corrected chi connectivity index (χ2v) is 8.47. The Balaban J connectivity index is 1.93. The molecule has 8 heteroatoms. The maximum Gasteiger partial charge on any atom is 0.308 e. The first-order chi connectivity index (χ1) is 14.5. The highest BCUT2D eigenvalue weighted by atomic mass is 32.1. The minimum absolute atomic E-state index is 0.253. The molecule has 0 bridgehead atoms. The molecule has 0 aliphatic rings. The standard InChI is InChI=1S/C22H18N2O4S2/c1-13-23-21-19(15(12-30-21)17-9-6-10-29-17)22(27)24(13)16(11-18(25)28-2)20(26)14-7-4-3-5-8-14/h3-10,12,16H,11H2,1-2H3. The Labute approximate surface area is 180 Å². The molecule has 1 atom stereocenters. The Morgan fingerprint density at radius 2 is 1.90 bits per heavy atom. The van der Waals surface area contributed by atoms with E-state index in [0.29, 0.717) is 21.6 Å². The number of methoxy groups -OCH3 is 1. The zero-order valence-electron chi connectivity index (χ0n) is 16.3. The lowest BCUT2D eigenvalue weighted by Gasteiger charge is -2.20. The number of hydrogen-bond donors (Lipinski definition) is 0. The molecule has 0 saturated heterocycles. The van der Waals surface area contributed by atoms with Crippen molar-refractivity contribution < 1.29 is 14.3 Å². The molecule has 0 amide bonds. The van der Waals surface area contributed by atoms with E-state index in [1.165, 1.54) is 34.4 Å². The van der Waals surface area contributed by atoms with Crippen LogP contribution in [0.4, 0.5) is 0 Å². The summed E-state index contributed by atoms with van der Waals surface area (Å²) in [6, 6.07) is 11.4. The maximum absolute atomic E-state index is 13.6. The second kappa shape index (κ2) is 8.33. The van der Waals surface area contributed by atoms with E-state index in [4.69, 9.17) is 4.74 Å². The highest BCUT2D eigenvalue weighted by Crippen LogP contribution is 2.34. The van der Waals surface area contributed by atoms with E-state index in [9.17, 15) is 14.4 Å². The van der Waals surface area contributed by atoms with E-state index in [0.717, 1.165) is 10.4 Å². The minimum Gasteiger partial charge on any atom is -0.469 e. The first-order valence-electron chi connectivity index (χ1n) is 9.21. The predicted octanol–water partition coefficient (Wildman–Crippen LogP) is 4.48. The van der Waals surface area contributed by atoms with Crippen LogP contribution in [0.1, 0.15) is 28.6 Å². The predicted molar refractivity (Wildman–Crippen MR) is 118 cm³/mol. The number of aromatic nitrogens is 2. The number of thiophene rings is 2. The number of benzene rings is 1. The van der Waals surface area contributed by atoms with Gasteiger partial charge in [0.05, 0.1) is 18.9 Å². The Hall–Kier alpha value is -3.10. The van der Waals surface area contributed by atoms with Crippen molar-refractivity contribution in [3.63, 3.8) is 0 Å². The minimum atomic E-state index is -1.04. The van der Waals surface area contributed by atoms with Crippen molar-refractivity contribution in [3.8, 4) is 10.4 Å². The molecule has 0 spiro atoms. The molecular weight excluding hydrogens is 420 g/mol. The van der Waals surface area contributed by atoms with Gasteiger partial charge in [0, 0.05) is 21.4 Å². The van der Waals surface area contributed by atoms with Crippen LogP contribution in [0.3, 0.4) is 0 Å². The van der Waals surface area contributed by atoms with E-state index in [1.807, 2.05) is 22.9 Å². The summed E-state index contributed by atoms with van der Waals surface area (Å²) in [7, 11) is 1.26. The third-order valence-electron chi connectivity index (χ3n) is 4.86. The number of nitrogens with zero attached hydrogens (tertiary/aromatic N) is 2. The number of ketones is 1. The molecule has 152 valence electrons. The summed E-state index contributed by atoms with van der Waals surface area (Å²) in [5.41, 5.74) is 0.877. The van der Waals surface area contributed by atoms with Crippen molar-refractivity contribution in [2.75, 3.05) is 7.11 Å². The highest BCUT2D eigenvalue weighted by molar-refractivity contribution is 7.18. The molecule has 0 saturated carbocycles. The van der Waals surface area contributed by atoms with Gasteiger partial charge in [-0.05, 0) is 18.4 Å². The summed E-state index contributed by atoms with van der Waals surface area (Å²) < 4.78 is 6.13. The number of carbonyl (C=O) groups excluding carboxylic acids is 2. The van der Waals surface area contributed by atoms with Crippen molar-refractivity contribution >= 4 is 44.6 Å². The van der Waals surface area contributed by atoms with E-state index < -0.39 is 12.0 Å². The Kier molecular flexibility index (Phi) is 5.61. The Morgan fingerprint density at radius 1 is 1.13 bits per heavy atom. The SMILES string of the molecule is COC(=O)CC(C(=O)c1ccccc1)n1c(C)nc2scc(-c3cccs3)c2c1=O. The number of aryl methyl sites for hydroxylation is 1. The molecule has 0 N–H and O–H groups in total. The average molecular weight is 439 g/mol. The second-order valence-electron chi connectivity index (χ2n) is 6.67. The van der Waals surface area contributed by atoms with Gasteiger partial charge in [-0.3, -0.25) is 19.0 Å².